The van der Waals surface area contributed by atoms with Gasteiger partial charge in [0.15, 0.2) is 5.78 Å². The third-order valence-electron chi connectivity index (χ3n) is 4.32. The fraction of sp³-hybridized carbons (Fsp3) is 0.143. The molecule has 29 heavy (non-hydrogen) atoms. The highest BCUT2D eigenvalue weighted by molar-refractivity contribution is 7.99. The molecule has 1 aromatic carbocycles. The number of benzene rings is 1. The summed E-state index contributed by atoms with van der Waals surface area (Å²) in [5, 5.41) is 19.4. The summed E-state index contributed by atoms with van der Waals surface area (Å²) in [6.45, 7) is 0.568. The first-order chi connectivity index (χ1) is 14.2. The minimum Gasteiger partial charge on any atom is -0.346 e. The smallest absolute Gasteiger partial charge is 0.209 e. The van der Waals surface area contributed by atoms with E-state index < -0.39 is 0 Å². The van der Waals surface area contributed by atoms with E-state index in [9.17, 15) is 4.79 Å². The van der Waals surface area contributed by atoms with E-state index in [1.54, 1.807) is 11.3 Å². The predicted molar refractivity (Wildman–Crippen MR) is 117 cm³/mol. The van der Waals surface area contributed by atoms with E-state index in [0.29, 0.717) is 29.5 Å². The summed E-state index contributed by atoms with van der Waals surface area (Å²) < 4.78 is 1.97. The molecule has 0 saturated heterocycles. The Labute approximate surface area is 175 Å². The zero-order chi connectivity index (χ0) is 20.1. The number of thiophene rings is 1. The third-order valence-corrected chi connectivity index (χ3v) is 6.00. The Morgan fingerprint density at radius 3 is 3.00 bits per heavy atom. The molecule has 8 heteroatoms. The van der Waals surface area contributed by atoms with E-state index >= 15 is 0 Å². The number of ketones is 1. The number of carbonyl (C=O) groups excluding carboxylic acids is 1. The van der Waals surface area contributed by atoms with Gasteiger partial charge in [-0.3, -0.25) is 9.89 Å². The van der Waals surface area contributed by atoms with Gasteiger partial charge in [0.2, 0.25) is 5.16 Å². The van der Waals surface area contributed by atoms with E-state index in [1.807, 2.05) is 64.7 Å². The van der Waals surface area contributed by atoms with Gasteiger partial charge < -0.3 is 4.57 Å². The maximum atomic E-state index is 12.8. The Hall–Kier alpha value is -3.15. The normalized spacial score (nSPS) is 11.3. The molecule has 0 amide bonds. The number of hydrogen-bond donors (Lipinski definition) is 1. The molecule has 0 radical (unpaired) electrons. The van der Waals surface area contributed by atoms with E-state index in [4.69, 9.17) is 5.26 Å². The number of fused-ring (bicyclic) bond motifs is 1. The number of rotatable bonds is 8. The average Bonchev–Trinajstić information content (AvgIpc) is 3.49. The first-order valence-corrected chi connectivity index (χ1v) is 10.9. The van der Waals surface area contributed by atoms with Gasteiger partial charge in [-0.25, -0.2) is 4.98 Å². The molecular weight excluding hydrogens is 402 g/mol. The Bertz CT molecular complexity index is 1200. The molecule has 0 aliphatic rings. The fourth-order valence-corrected chi connectivity index (χ4v) is 4.28. The van der Waals surface area contributed by atoms with Gasteiger partial charge in [0.05, 0.1) is 18.2 Å². The van der Waals surface area contributed by atoms with Crippen LogP contribution in [-0.4, -0.2) is 31.3 Å². The van der Waals surface area contributed by atoms with E-state index in [1.165, 1.54) is 11.8 Å². The van der Waals surface area contributed by atoms with Gasteiger partial charge >= 0.3 is 0 Å². The zero-order valence-corrected chi connectivity index (χ0v) is 17.0. The largest absolute Gasteiger partial charge is 0.346 e. The summed E-state index contributed by atoms with van der Waals surface area (Å²) in [6, 6.07) is 13.9. The van der Waals surface area contributed by atoms with Gasteiger partial charge in [-0.15, -0.1) is 16.4 Å². The Morgan fingerprint density at radius 1 is 1.28 bits per heavy atom. The standard InChI is InChI=1S/C21H17N5OS2/c22-10-4-11-26-13-17(16-6-1-2-7-18(16)26)19(27)14-29-21-23-20(24-25-21)9-8-15-5-3-12-28-15/h1-3,5-9,12-13H,4,11,14H2,(H,23,24,25)/b9-8+. The molecule has 0 aliphatic carbocycles. The van der Waals surface area contributed by atoms with Crippen molar-refractivity contribution in [2.24, 2.45) is 0 Å². The van der Waals surface area contributed by atoms with E-state index in [0.717, 1.165) is 15.8 Å². The summed E-state index contributed by atoms with van der Waals surface area (Å²) in [7, 11) is 0. The van der Waals surface area contributed by atoms with Gasteiger partial charge in [-0.1, -0.05) is 36.0 Å². The molecule has 0 saturated carbocycles. The van der Waals surface area contributed by atoms with Gasteiger partial charge in [-0.2, -0.15) is 5.26 Å². The van der Waals surface area contributed by atoms with Crippen molar-refractivity contribution in [1.29, 1.82) is 5.26 Å². The molecule has 4 rings (SSSR count). The van der Waals surface area contributed by atoms with Gasteiger partial charge in [0, 0.05) is 34.1 Å². The third kappa shape index (κ3) is 4.47. The predicted octanol–water partition coefficient (Wildman–Crippen LogP) is 4.88. The number of thioether (sulfide) groups is 1. The topological polar surface area (TPSA) is 87.4 Å². The number of nitriles is 1. The second kappa shape index (κ2) is 8.90. The van der Waals surface area contributed by atoms with E-state index in [-0.39, 0.29) is 11.5 Å². The van der Waals surface area contributed by atoms with Crippen molar-refractivity contribution in [3.8, 4) is 6.07 Å². The van der Waals surface area contributed by atoms with Gasteiger partial charge in [-0.05, 0) is 29.7 Å². The van der Waals surface area contributed by atoms with Crippen molar-refractivity contribution in [2.45, 2.75) is 18.1 Å². The van der Waals surface area contributed by atoms with Crippen LogP contribution in [0.2, 0.25) is 0 Å². The van der Waals surface area contributed by atoms with Crippen molar-refractivity contribution in [1.82, 2.24) is 19.7 Å². The highest BCUT2D eigenvalue weighted by atomic mass is 32.2. The van der Waals surface area contributed by atoms with Gasteiger partial charge in [0.1, 0.15) is 5.82 Å². The van der Waals surface area contributed by atoms with Crippen molar-refractivity contribution >= 4 is 51.9 Å². The van der Waals surface area contributed by atoms with Crippen molar-refractivity contribution < 1.29 is 4.79 Å². The minimum absolute atomic E-state index is 0.0161. The first-order valence-electron chi connectivity index (χ1n) is 8.99. The van der Waals surface area contributed by atoms with Gasteiger partial charge in [0.25, 0.3) is 0 Å². The van der Waals surface area contributed by atoms with Crippen molar-refractivity contribution in [2.75, 3.05) is 5.75 Å². The summed E-state index contributed by atoms with van der Waals surface area (Å²) in [5.41, 5.74) is 1.63. The zero-order valence-electron chi connectivity index (χ0n) is 15.4. The molecule has 0 unspecified atom stereocenters. The first kappa shape index (κ1) is 19.2. The number of aromatic nitrogens is 4. The van der Waals surface area contributed by atoms with Crippen molar-refractivity contribution in [3.63, 3.8) is 0 Å². The lowest BCUT2D eigenvalue weighted by Gasteiger charge is -2.00. The summed E-state index contributed by atoms with van der Waals surface area (Å²) in [6.07, 6.45) is 6.09. The number of aromatic amines is 1. The SMILES string of the molecule is N#CCCn1cc(C(=O)CSc2n[nH]c(/C=C/c3cccs3)n2)c2ccccc21. The van der Waals surface area contributed by atoms with E-state index in [2.05, 4.69) is 21.3 Å². The highest BCUT2D eigenvalue weighted by Crippen LogP contribution is 2.24. The molecule has 0 atom stereocenters. The molecule has 0 bridgehead atoms. The Kier molecular flexibility index (Phi) is 5.89. The highest BCUT2D eigenvalue weighted by Gasteiger charge is 2.16. The molecule has 6 nitrogen and oxygen atoms in total. The average molecular weight is 420 g/mol. The maximum absolute atomic E-state index is 12.8. The summed E-state index contributed by atoms with van der Waals surface area (Å²) in [5.74, 6) is 0.918. The van der Waals surface area contributed by atoms with Crippen molar-refractivity contribution in [3.05, 3.63) is 64.2 Å². The number of hydrogen-bond acceptors (Lipinski definition) is 6. The lowest BCUT2D eigenvalue weighted by Crippen LogP contribution is -2.02. The van der Waals surface area contributed by atoms with Crippen LogP contribution in [0.25, 0.3) is 23.1 Å². The number of aryl methyl sites for hydroxylation is 1. The van der Waals surface area contributed by atoms with Crippen LogP contribution in [0.15, 0.2) is 53.1 Å². The number of carbonyl (C=O) groups is 1. The van der Waals surface area contributed by atoms with Crippen LogP contribution in [0.4, 0.5) is 0 Å². The number of H-pyrrole nitrogens is 1. The summed E-state index contributed by atoms with van der Waals surface area (Å²) >= 11 is 2.96. The number of para-hydroxylation sites is 1. The quantitative estimate of drug-likeness (QED) is 0.325. The summed E-state index contributed by atoms with van der Waals surface area (Å²) in [4.78, 5) is 18.4. The Morgan fingerprint density at radius 2 is 2.17 bits per heavy atom. The lowest BCUT2D eigenvalue weighted by atomic mass is 10.1. The molecule has 0 fully saturated rings. The van der Waals surface area contributed by atoms with Crippen LogP contribution in [0.3, 0.4) is 0 Å². The molecule has 144 valence electrons. The molecule has 1 N–H and O–H groups in total. The second-order valence-corrected chi connectivity index (χ2v) is 8.15. The number of nitrogens with zero attached hydrogens (tertiary/aromatic N) is 4. The Balaban J connectivity index is 1.44. The monoisotopic (exact) mass is 419 g/mol. The maximum Gasteiger partial charge on any atom is 0.209 e. The van der Waals surface area contributed by atoms with Crippen LogP contribution in [0, 0.1) is 11.3 Å². The molecule has 4 aromatic rings. The van der Waals surface area contributed by atoms with Crippen LogP contribution in [0.5, 0.6) is 0 Å². The fourth-order valence-electron chi connectivity index (χ4n) is 2.98. The molecule has 0 aliphatic heterocycles. The van der Waals surface area contributed by atoms with Crippen LogP contribution < -0.4 is 0 Å². The molecular formula is C21H17N5OS2. The van der Waals surface area contributed by atoms with Crippen LogP contribution in [-0.2, 0) is 6.54 Å². The molecule has 3 heterocycles. The number of nitrogens with one attached hydrogen (secondary N) is 1. The minimum atomic E-state index is 0.0161. The van der Waals surface area contributed by atoms with Crippen LogP contribution >= 0.6 is 23.1 Å². The second-order valence-electron chi connectivity index (χ2n) is 6.23. The van der Waals surface area contributed by atoms with Crippen LogP contribution in [0.1, 0.15) is 27.5 Å². The molecule has 0 spiro atoms. The number of Topliss-reactive ketones (excluding diaryl/α,β-unsaturated/α-hetero) is 1. The molecule has 3 aromatic heterocycles. The lowest BCUT2D eigenvalue weighted by molar-refractivity contribution is 0.102.